The Hall–Kier alpha value is -0.00338. The summed E-state index contributed by atoms with van der Waals surface area (Å²) in [5.74, 6) is 0. The summed E-state index contributed by atoms with van der Waals surface area (Å²) in [5, 5.41) is 9.96. The van der Waals surface area contributed by atoms with Crippen LogP contribution in [0.1, 0.15) is 0 Å². The fourth-order valence-corrected chi connectivity index (χ4v) is 0.452. The first-order chi connectivity index (χ1) is 4.30. The molecule has 0 saturated carbocycles. The fourth-order valence-electron chi connectivity index (χ4n) is 0.452. The van der Waals surface area contributed by atoms with Crippen LogP contribution in [0, 0.1) is 22.2 Å². The van der Waals surface area contributed by atoms with E-state index >= 15 is 0 Å². The first-order valence-corrected chi connectivity index (χ1v) is 2.33. The molecule has 0 aromatic heterocycles. The van der Waals surface area contributed by atoms with Crippen molar-refractivity contribution in [1.29, 1.82) is 0 Å². The molecule has 0 bridgehead atoms. The molecule has 0 saturated heterocycles. The molecule has 0 atom stereocenters. The average Bonchev–Trinajstić information content (AvgIpc) is 1.90. The maximum atomic E-state index is 9.96. The predicted octanol–water partition coefficient (Wildman–Crippen LogP) is 1.19. The van der Waals surface area contributed by atoms with Crippen LogP contribution in [0.5, 0.6) is 0 Å². The third-order valence-electron chi connectivity index (χ3n) is 0.838. The van der Waals surface area contributed by atoms with Gasteiger partial charge in [0.2, 0.25) is 0 Å². The van der Waals surface area contributed by atoms with E-state index in [1.165, 1.54) is 18.2 Å². The predicted molar refractivity (Wildman–Crippen MR) is 30.8 cm³/mol. The van der Waals surface area contributed by atoms with Crippen molar-refractivity contribution >= 4 is 5.69 Å². The molecule has 5 heteroatoms. The third-order valence-corrected chi connectivity index (χ3v) is 0.838. The van der Waals surface area contributed by atoms with Crippen LogP contribution in [0.2, 0.25) is 0 Å². The number of non-ortho nitro benzene ring substituents is 1. The van der Waals surface area contributed by atoms with Crippen molar-refractivity contribution in [2.45, 2.75) is 0 Å². The summed E-state index contributed by atoms with van der Waals surface area (Å²) < 4.78 is 0. The Kier molecular flexibility index (Phi) is 8.26. The molecule has 1 aromatic carbocycles. The molecule has 1 rings (SSSR count). The Morgan fingerprint density at radius 3 is 2.36 bits per heavy atom. The Bertz CT molecular complexity index is 215. The van der Waals surface area contributed by atoms with Crippen molar-refractivity contribution in [2.24, 2.45) is 0 Å². The fraction of sp³-hybridized carbons (Fsp3) is 0. The van der Waals surface area contributed by atoms with Crippen LogP contribution in [0.25, 0.3) is 0 Å². The van der Waals surface area contributed by atoms with Crippen LogP contribution in [0.4, 0.5) is 5.69 Å². The van der Waals surface area contributed by atoms with E-state index < -0.39 is 4.92 Å². The molecule has 0 heterocycles. The average molecular weight is 489 g/mol. The molecular weight excluding hydrogens is 486 g/mol. The van der Waals surface area contributed by atoms with Crippen molar-refractivity contribution in [2.75, 3.05) is 0 Å². The Balaban J connectivity index is 0. The zero-order chi connectivity index (χ0) is 6.69. The van der Waals surface area contributed by atoms with Crippen LogP contribution in [0.3, 0.4) is 0 Å². The van der Waals surface area contributed by atoms with Gasteiger partial charge in [0.15, 0.2) is 0 Å². The summed E-state index contributed by atoms with van der Waals surface area (Å²) in [6, 6.07) is 9.26. The van der Waals surface area contributed by atoms with Gasteiger partial charge in [0.1, 0.15) is 0 Å². The molecule has 0 amide bonds. The standard InChI is InChI=1S/C6H3NO2.2W/c8-7(9)6-4-2-1-3-5-6;;/h2-4H;;/q-2;;. The maximum Gasteiger partial charge on any atom is 0.0492 e. The number of rotatable bonds is 1. The zero-order valence-corrected chi connectivity index (χ0v) is 11.2. The topological polar surface area (TPSA) is 43.1 Å². The SMILES string of the molecule is O=[N+]([O-])c1[c-]c[c-]cc1.[W].[W]. The van der Waals surface area contributed by atoms with E-state index in [0.717, 1.165) is 0 Å². The molecule has 1 aromatic rings. The second-order valence-electron chi connectivity index (χ2n) is 1.43. The number of nitro groups is 1. The smallest absolute Gasteiger partial charge is 0.0492 e. The first-order valence-electron chi connectivity index (χ1n) is 2.33. The first kappa shape index (κ1) is 13.6. The van der Waals surface area contributed by atoms with Gasteiger partial charge in [-0.2, -0.15) is 0 Å². The minimum Gasteiger partial charge on any atom is -0.359 e. The minimum absolute atomic E-state index is 0. The van der Waals surface area contributed by atoms with Gasteiger partial charge in [-0.05, 0) is 0 Å². The van der Waals surface area contributed by atoms with Crippen molar-refractivity contribution < 1.29 is 47.1 Å². The largest absolute Gasteiger partial charge is 0.359 e. The molecule has 0 fully saturated rings. The number of hydrogen-bond donors (Lipinski definition) is 0. The quantitative estimate of drug-likeness (QED) is 0.339. The van der Waals surface area contributed by atoms with Gasteiger partial charge in [-0.25, -0.2) is 6.07 Å². The van der Waals surface area contributed by atoms with Gasteiger partial charge in [0.25, 0.3) is 0 Å². The molecule has 58 valence electrons. The summed E-state index contributed by atoms with van der Waals surface area (Å²) in [5.41, 5.74) is -0.0197. The van der Waals surface area contributed by atoms with E-state index in [1.54, 1.807) is 0 Å². The molecule has 0 spiro atoms. The van der Waals surface area contributed by atoms with Crippen LogP contribution in [-0.2, 0) is 42.1 Å². The monoisotopic (exact) mass is 489 g/mol. The second kappa shape index (κ2) is 6.69. The van der Waals surface area contributed by atoms with E-state index in [1.807, 2.05) is 0 Å². The zero-order valence-electron chi connectivity index (χ0n) is 5.31. The van der Waals surface area contributed by atoms with Crippen molar-refractivity contribution in [1.82, 2.24) is 0 Å². The van der Waals surface area contributed by atoms with Gasteiger partial charge in [0, 0.05) is 52.7 Å². The number of benzene rings is 1. The molecule has 11 heavy (non-hydrogen) atoms. The number of nitrogens with zero attached hydrogens (tertiary/aromatic N) is 1. The van der Waals surface area contributed by atoms with Gasteiger partial charge in [-0.1, -0.05) is 0 Å². The molecule has 0 radical (unpaired) electrons. The van der Waals surface area contributed by atoms with E-state index in [4.69, 9.17) is 0 Å². The molecule has 0 N–H and O–H groups in total. The molecule has 0 unspecified atom stereocenters. The van der Waals surface area contributed by atoms with Gasteiger partial charge in [-0.3, -0.25) is 22.2 Å². The van der Waals surface area contributed by atoms with Gasteiger partial charge >= 0.3 is 0 Å². The molecular formula is C6H3NO2W2-2. The summed E-state index contributed by atoms with van der Waals surface area (Å²) in [7, 11) is 0. The van der Waals surface area contributed by atoms with Gasteiger partial charge in [0.05, 0.1) is 0 Å². The minimum atomic E-state index is -0.492. The summed E-state index contributed by atoms with van der Waals surface area (Å²) >= 11 is 0. The normalized spacial score (nSPS) is 7.27. The van der Waals surface area contributed by atoms with Crippen molar-refractivity contribution in [3.63, 3.8) is 0 Å². The van der Waals surface area contributed by atoms with E-state index in [0.29, 0.717) is 0 Å². The maximum absolute atomic E-state index is 9.96. The van der Waals surface area contributed by atoms with Crippen LogP contribution < -0.4 is 0 Å². The van der Waals surface area contributed by atoms with E-state index in [2.05, 4.69) is 12.1 Å². The number of hydrogen-bond acceptors (Lipinski definition) is 2. The van der Waals surface area contributed by atoms with Gasteiger partial charge < -0.3 is 12.1 Å². The van der Waals surface area contributed by atoms with Crippen LogP contribution >= 0.6 is 0 Å². The Morgan fingerprint density at radius 1 is 1.45 bits per heavy atom. The van der Waals surface area contributed by atoms with Crippen LogP contribution in [0.15, 0.2) is 18.2 Å². The van der Waals surface area contributed by atoms with E-state index in [9.17, 15) is 10.1 Å². The summed E-state index contributed by atoms with van der Waals surface area (Å²) in [6.07, 6.45) is 0. The summed E-state index contributed by atoms with van der Waals surface area (Å²) in [4.78, 5) is 9.47. The molecule has 3 nitrogen and oxygen atoms in total. The van der Waals surface area contributed by atoms with E-state index in [-0.39, 0.29) is 47.8 Å². The molecule has 0 aliphatic heterocycles. The molecule has 0 aliphatic rings. The van der Waals surface area contributed by atoms with Gasteiger partial charge in [-0.15, -0.1) is 0 Å². The third kappa shape index (κ3) is 4.44. The Labute approximate surface area is 92.9 Å². The van der Waals surface area contributed by atoms with Crippen molar-refractivity contribution in [3.05, 3.63) is 40.4 Å². The van der Waals surface area contributed by atoms with Crippen LogP contribution in [-0.4, -0.2) is 4.92 Å². The van der Waals surface area contributed by atoms with Crippen molar-refractivity contribution in [3.8, 4) is 0 Å². The summed E-state index contributed by atoms with van der Waals surface area (Å²) in [6.45, 7) is 0. The number of nitro benzene ring substituents is 1. The Morgan fingerprint density at radius 2 is 2.09 bits per heavy atom. The second-order valence-corrected chi connectivity index (χ2v) is 1.43. The molecule has 0 aliphatic carbocycles.